The number of hydrogen-bond donors (Lipinski definition) is 1. The number of aryl methyl sites for hydroxylation is 1. The largest absolute Gasteiger partial charge is 0.330 e. The van der Waals surface area contributed by atoms with Gasteiger partial charge in [0.05, 0.1) is 0 Å². The van der Waals surface area contributed by atoms with Crippen LogP contribution in [0.4, 0.5) is 0 Å². The van der Waals surface area contributed by atoms with Crippen LogP contribution in [0.25, 0.3) is 11.5 Å². The first-order chi connectivity index (χ1) is 7.83. The number of aromatic nitrogens is 4. The second-order valence-corrected chi connectivity index (χ2v) is 3.58. The molecule has 5 nitrogen and oxygen atoms in total. The van der Waals surface area contributed by atoms with Gasteiger partial charge in [-0.1, -0.05) is 6.07 Å². The van der Waals surface area contributed by atoms with E-state index in [0.717, 1.165) is 30.3 Å². The second kappa shape index (κ2) is 4.85. The predicted molar refractivity (Wildman–Crippen MR) is 61.7 cm³/mol. The van der Waals surface area contributed by atoms with Gasteiger partial charge in [0.25, 0.3) is 0 Å². The van der Waals surface area contributed by atoms with Crippen LogP contribution >= 0.6 is 0 Å². The SMILES string of the molecule is Cc1nnc(-c2ccccn2)n1CCCN. The topological polar surface area (TPSA) is 69.6 Å². The van der Waals surface area contributed by atoms with Crippen molar-refractivity contribution >= 4 is 0 Å². The molecule has 16 heavy (non-hydrogen) atoms. The Labute approximate surface area is 94.3 Å². The zero-order chi connectivity index (χ0) is 11.4. The van der Waals surface area contributed by atoms with Crippen molar-refractivity contribution in [3.8, 4) is 11.5 Å². The van der Waals surface area contributed by atoms with Crippen LogP contribution in [0.2, 0.25) is 0 Å². The summed E-state index contributed by atoms with van der Waals surface area (Å²) < 4.78 is 2.05. The third kappa shape index (κ3) is 2.09. The van der Waals surface area contributed by atoms with Gasteiger partial charge < -0.3 is 10.3 Å². The van der Waals surface area contributed by atoms with Crippen molar-refractivity contribution in [1.29, 1.82) is 0 Å². The van der Waals surface area contributed by atoms with Gasteiger partial charge in [-0.2, -0.15) is 0 Å². The van der Waals surface area contributed by atoms with Gasteiger partial charge in [-0.15, -0.1) is 10.2 Å². The Morgan fingerprint density at radius 2 is 2.19 bits per heavy atom. The van der Waals surface area contributed by atoms with Gasteiger partial charge in [0.2, 0.25) is 0 Å². The maximum atomic E-state index is 5.51. The lowest BCUT2D eigenvalue weighted by atomic mass is 10.3. The number of nitrogens with two attached hydrogens (primary N) is 1. The van der Waals surface area contributed by atoms with Crippen LogP contribution in [0.1, 0.15) is 12.2 Å². The first-order valence-electron chi connectivity index (χ1n) is 5.34. The summed E-state index contributed by atoms with van der Waals surface area (Å²) in [6, 6.07) is 5.76. The van der Waals surface area contributed by atoms with Crippen molar-refractivity contribution < 1.29 is 0 Å². The highest BCUT2D eigenvalue weighted by Crippen LogP contribution is 2.15. The Bertz CT molecular complexity index is 449. The van der Waals surface area contributed by atoms with E-state index in [0.29, 0.717) is 6.54 Å². The molecule has 0 atom stereocenters. The average molecular weight is 217 g/mol. The van der Waals surface area contributed by atoms with Gasteiger partial charge in [-0.05, 0) is 32.0 Å². The molecule has 84 valence electrons. The van der Waals surface area contributed by atoms with Crippen molar-refractivity contribution in [2.75, 3.05) is 6.54 Å². The second-order valence-electron chi connectivity index (χ2n) is 3.58. The van der Waals surface area contributed by atoms with Crippen LogP contribution < -0.4 is 5.73 Å². The number of hydrogen-bond acceptors (Lipinski definition) is 4. The minimum absolute atomic E-state index is 0.666. The van der Waals surface area contributed by atoms with Crippen LogP contribution in [-0.4, -0.2) is 26.3 Å². The number of rotatable bonds is 4. The molecule has 0 fully saturated rings. The first kappa shape index (κ1) is 10.8. The molecule has 0 aliphatic carbocycles. The fourth-order valence-corrected chi connectivity index (χ4v) is 1.58. The molecule has 2 heterocycles. The zero-order valence-corrected chi connectivity index (χ0v) is 9.30. The van der Waals surface area contributed by atoms with E-state index in [2.05, 4.69) is 19.7 Å². The Hall–Kier alpha value is -1.75. The summed E-state index contributed by atoms with van der Waals surface area (Å²) in [5, 5.41) is 8.23. The van der Waals surface area contributed by atoms with Gasteiger partial charge in [0.15, 0.2) is 5.82 Å². The molecule has 2 N–H and O–H groups in total. The summed E-state index contributed by atoms with van der Waals surface area (Å²) in [7, 11) is 0. The number of nitrogens with zero attached hydrogens (tertiary/aromatic N) is 4. The smallest absolute Gasteiger partial charge is 0.182 e. The average Bonchev–Trinajstić information content (AvgIpc) is 2.69. The van der Waals surface area contributed by atoms with Crippen molar-refractivity contribution in [2.45, 2.75) is 19.9 Å². The molecule has 0 saturated heterocycles. The summed E-state index contributed by atoms with van der Waals surface area (Å²) in [5.41, 5.74) is 6.36. The Kier molecular flexibility index (Phi) is 3.26. The van der Waals surface area contributed by atoms with E-state index in [1.165, 1.54) is 0 Å². The monoisotopic (exact) mass is 217 g/mol. The third-order valence-corrected chi connectivity index (χ3v) is 2.42. The van der Waals surface area contributed by atoms with Crippen molar-refractivity contribution in [3.05, 3.63) is 30.2 Å². The zero-order valence-electron chi connectivity index (χ0n) is 9.30. The van der Waals surface area contributed by atoms with Crippen molar-refractivity contribution in [3.63, 3.8) is 0 Å². The molecule has 2 aromatic heterocycles. The summed E-state index contributed by atoms with van der Waals surface area (Å²) in [4.78, 5) is 4.28. The van der Waals surface area contributed by atoms with Gasteiger partial charge >= 0.3 is 0 Å². The Balaban J connectivity index is 2.34. The van der Waals surface area contributed by atoms with Crippen LogP contribution in [-0.2, 0) is 6.54 Å². The maximum Gasteiger partial charge on any atom is 0.182 e. The summed E-state index contributed by atoms with van der Waals surface area (Å²) in [6.45, 7) is 3.44. The molecule has 0 spiro atoms. The van der Waals surface area contributed by atoms with E-state index in [1.807, 2.05) is 25.1 Å². The molecule has 0 unspecified atom stereocenters. The van der Waals surface area contributed by atoms with Crippen LogP contribution in [0.3, 0.4) is 0 Å². The van der Waals surface area contributed by atoms with E-state index in [-0.39, 0.29) is 0 Å². The molecule has 0 radical (unpaired) electrons. The van der Waals surface area contributed by atoms with E-state index < -0.39 is 0 Å². The highest BCUT2D eigenvalue weighted by Gasteiger charge is 2.10. The van der Waals surface area contributed by atoms with Crippen LogP contribution in [0.15, 0.2) is 24.4 Å². The standard InChI is InChI=1S/C11H15N5/c1-9-14-15-11(16(9)8-4-6-12)10-5-2-3-7-13-10/h2-3,5,7H,4,6,8,12H2,1H3. The minimum Gasteiger partial charge on any atom is -0.330 e. The lowest BCUT2D eigenvalue weighted by Crippen LogP contribution is -2.08. The van der Waals surface area contributed by atoms with E-state index in [4.69, 9.17) is 5.73 Å². The molecule has 0 amide bonds. The molecule has 0 aliphatic rings. The Morgan fingerprint density at radius 3 is 2.88 bits per heavy atom. The van der Waals surface area contributed by atoms with Crippen LogP contribution in [0, 0.1) is 6.92 Å². The molecular formula is C11H15N5. The molecule has 0 aromatic carbocycles. The van der Waals surface area contributed by atoms with E-state index in [9.17, 15) is 0 Å². The fourth-order valence-electron chi connectivity index (χ4n) is 1.58. The molecule has 0 aliphatic heterocycles. The summed E-state index contributed by atoms with van der Waals surface area (Å²) in [5.74, 6) is 1.71. The quantitative estimate of drug-likeness (QED) is 0.829. The van der Waals surface area contributed by atoms with Gasteiger partial charge in [0.1, 0.15) is 11.5 Å². The highest BCUT2D eigenvalue weighted by atomic mass is 15.3. The van der Waals surface area contributed by atoms with Gasteiger partial charge in [0, 0.05) is 12.7 Å². The lowest BCUT2D eigenvalue weighted by Gasteiger charge is -2.06. The maximum absolute atomic E-state index is 5.51. The van der Waals surface area contributed by atoms with Crippen molar-refractivity contribution in [2.24, 2.45) is 5.73 Å². The van der Waals surface area contributed by atoms with Gasteiger partial charge in [-0.25, -0.2) is 0 Å². The normalized spacial score (nSPS) is 10.6. The van der Waals surface area contributed by atoms with Gasteiger partial charge in [-0.3, -0.25) is 4.98 Å². The van der Waals surface area contributed by atoms with E-state index >= 15 is 0 Å². The highest BCUT2D eigenvalue weighted by molar-refractivity contribution is 5.48. The fraction of sp³-hybridized carbons (Fsp3) is 0.364. The van der Waals surface area contributed by atoms with Crippen LogP contribution in [0.5, 0.6) is 0 Å². The molecule has 0 saturated carbocycles. The molecular weight excluding hydrogens is 202 g/mol. The summed E-state index contributed by atoms with van der Waals surface area (Å²) in [6.07, 6.45) is 2.67. The van der Waals surface area contributed by atoms with Crippen molar-refractivity contribution in [1.82, 2.24) is 19.7 Å². The molecule has 2 aromatic rings. The number of pyridine rings is 1. The third-order valence-electron chi connectivity index (χ3n) is 2.42. The molecule has 0 bridgehead atoms. The lowest BCUT2D eigenvalue weighted by molar-refractivity contribution is 0.637. The first-order valence-corrected chi connectivity index (χ1v) is 5.34. The predicted octanol–water partition coefficient (Wildman–Crippen LogP) is 0.997. The Morgan fingerprint density at radius 1 is 1.31 bits per heavy atom. The molecule has 5 heteroatoms. The minimum atomic E-state index is 0.666. The molecule has 2 rings (SSSR count). The van der Waals surface area contributed by atoms with E-state index in [1.54, 1.807) is 6.20 Å². The summed E-state index contributed by atoms with van der Waals surface area (Å²) >= 11 is 0.